The van der Waals surface area contributed by atoms with Crippen molar-refractivity contribution in [3.63, 3.8) is 0 Å². The Morgan fingerprint density at radius 2 is 1.29 bits per heavy atom. The molecule has 0 aliphatic rings. The molecular formula is C33H46N6O10. The van der Waals surface area contributed by atoms with Gasteiger partial charge in [-0.15, -0.1) is 0 Å². The number of carboxylic acids is 1. The highest BCUT2D eigenvalue weighted by Gasteiger charge is 2.32. The van der Waals surface area contributed by atoms with Gasteiger partial charge in [0.2, 0.25) is 29.5 Å². The second-order valence-electron chi connectivity index (χ2n) is 12.0. The molecule has 0 aliphatic heterocycles. The minimum Gasteiger partial charge on any atom is -0.508 e. The molecule has 2 rings (SSSR count). The molecule has 0 spiro atoms. The van der Waals surface area contributed by atoms with Crippen LogP contribution in [0.4, 0.5) is 0 Å². The third-order valence-electron chi connectivity index (χ3n) is 7.29. The molecule has 0 fully saturated rings. The van der Waals surface area contributed by atoms with Gasteiger partial charge in [-0.3, -0.25) is 24.0 Å². The van der Waals surface area contributed by atoms with Gasteiger partial charge in [0.05, 0.1) is 25.3 Å². The van der Waals surface area contributed by atoms with E-state index in [9.17, 15) is 49.2 Å². The van der Waals surface area contributed by atoms with Crippen LogP contribution in [0.3, 0.4) is 0 Å². The highest BCUT2D eigenvalue weighted by atomic mass is 16.4. The summed E-state index contributed by atoms with van der Waals surface area (Å²) < 4.78 is 0. The summed E-state index contributed by atoms with van der Waals surface area (Å²) in [7, 11) is 0. The highest BCUT2D eigenvalue weighted by Crippen LogP contribution is 2.11. The summed E-state index contributed by atoms with van der Waals surface area (Å²) in [5, 5.41) is 50.3. The van der Waals surface area contributed by atoms with Crippen molar-refractivity contribution in [2.45, 2.75) is 76.3 Å². The van der Waals surface area contributed by atoms with Crippen LogP contribution in [0.1, 0.15) is 38.3 Å². The Bertz CT molecular complexity index is 1420. The molecule has 0 radical (unpaired) electrons. The van der Waals surface area contributed by atoms with Crippen LogP contribution < -0.4 is 32.3 Å². The maximum Gasteiger partial charge on any atom is 0.328 e. The summed E-state index contributed by atoms with van der Waals surface area (Å²) in [5.74, 6) is -5.59. The number of benzene rings is 2. The molecule has 16 heteroatoms. The first-order valence-corrected chi connectivity index (χ1v) is 15.7. The van der Waals surface area contributed by atoms with Gasteiger partial charge in [0, 0.05) is 6.42 Å². The van der Waals surface area contributed by atoms with Gasteiger partial charge in [-0.25, -0.2) is 4.79 Å². The smallest absolute Gasteiger partial charge is 0.328 e. The van der Waals surface area contributed by atoms with E-state index in [2.05, 4.69) is 26.6 Å². The van der Waals surface area contributed by atoms with E-state index in [4.69, 9.17) is 5.73 Å². The molecule has 11 N–H and O–H groups in total. The van der Waals surface area contributed by atoms with Crippen molar-refractivity contribution in [1.82, 2.24) is 26.6 Å². The lowest BCUT2D eigenvalue weighted by atomic mass is 10.0. The molecule has 0 aliphatic carbocycles. The molecule has 0 unspecified atom stereocenters. The minimum atomic E-state index is -1.62. The zero-order valence-corrected chi connectivity index (χ0v) is 27.6. The third-order valence-corrected chi connectivity index (χ3v) is 7.29. The predicted molar refractivity (Wildman–Crippen MR) is 177 cm³/mol. The van der Waals surface area contributed by atoms with E-state index in [-0.39, 0.29) is 30.9 Å². The number of nitrogens with two attached hydrogens (primary N) is 1. The number of carbonyl (C=O) groups is 6. The number of aliphatic hydroxyl groups is 2. The maximum absolute atomic E-state index is 13.5. The molecular weight excluding hydrogens is 640 g/mol. The summed E-state index contributed by atoms with van der Waals surface area (Å²) in [5.41, 5.74) is 7.24. The van der Waals surface area contributed by atoms with Crippen molar-refractivity contribution in [2.75, 3.05) is 13.2 Å². The molecule has 0 saturated carbocycles. The number of aromatic hydroxyl groups is 1. The maximum atomic E-state index is 13.5. The van der Waals surface area contributed by atoms with Crippen LogP contribution in [0, 0.1) is 5.92 Å². The van der Waals surface area contributed by atoms with E-state index in [1.165, 1.54) is 19.1 Å². The summed E-state index contributed by atoms with van der Waals surface area (Å²) in [6, 6.07) is 8.05. The Labute approximate surface area is 283 Å². The molecule has 16 nitrogen and oxygen atoms in total. The quantitative estimate of drug-likeness (QED) is 0.0777. The van der Waals surface area contributed by atoms with Gasteiger partial charge in [0.25, 0.3) is 0 Å². The van der Waals surface area contributed by atoms with Crippen LogP contribution >= 0.6 is 0 Å². The largest absolute Gasteiger partial charge is 0.508 e. The van der Waals surface area contributed by atoms with Gasteiger partial charge >= 0.3 is 5.97 Å². The van der Waals surface area contributed by atoms with E-state index in [1.807, 2.05) is 0 Å². The number of hydrogen-bond acceptors (Lipinski definition) is 10. The van der Waals surface area contributed by atoms with E-state index >= 15 is 0 Å². The number of amides is 5. The van der Waals surface area contributed by atoms with Crippen molar-refractivity contribution in [2.24, 2.45) is 11.7 Å². The standard InChI is InChI=1S/C33H46N6O10/c1-18(2)13-24(32(47)39-28(19(3)41)33(48)49)37-31(46)25(15-20-7-5-4-6-8-20)36-27(43)16-35-30(45)26(17-40)38-29(44)23(34)14-21-9-11-22(42)12-10-21/h4-12,18-19,23-26,28,40-42H,13-17,34H2,1-3H3,(H,35,45)(H,36,43)(H,37,46)(H,38,44)(H,39,47)(H,48,49)/t19-,23+,24-,25+,26-,28+/m1/s1. The topological polar surface area (TPSA) is 270 Å². The van der Waals surface area contributed by atoms with Crippen molar-refractivity contribution in [3.8, 4) is 5.75 Å². The van der Waals surface area contributed by atoms with Gasteiger partial charge in [0.1, 0.15) is 23.9 Å². The zero-order valence-electron chi connectivity index (χ0n) is 27.6. The predicted octanol–water partition coefficient (Wildman–Crippen LogP) is -1.94. The monoisotopic (exact) mass is 686 g/mol. The number of carboxylic acid groups (broad SMARTS) is 1. The lowest BCUT2D eigenvalue weighted by Crippen LogP contribution is -2.58. The fourth-order valence-corrected chi connectivity index (χ4v) is 4.66. The van der Waals surface area contributed by atoms with Crippen molar-refractivity contribution >= 4 is 35.5 Å². The zero-order chi connectivity index (χ0) is 36.7. The minimum absolute atomic E-state index is 0.0119. The fraction of sp³-hybridized carbons (Fsp3) is 0.455. The van der Waals surface area contributed by atoms with Crippen LogP contribution in [0.2, 0.25) is 0 Å². The van der Waals surface area contributed by atoms with Gasteiger partial charge in [-0.2, -0.15) is 0 Å². The Balaban J connectivity index is 2.09. The first kappa shape index (κ1) is 40.1. The van der Waals surface area contributed by atoms with Gasteiger partial charge in [-0.1, -0.05) is 56.3 Å². The summed E-state index contributed by atoms with van der Waals surface area (Å²) in [4.78, 5) is 76.3. The first-order valence-electron chi connectivity index (χ1n) is 15.7. The van der Waals surface area contributed by atoms with E-state index in [1.54, 1.807) is 56.3 Å². The lowest BCUT2D eigenvalue weighted by Gasteiger charge is -2.26. The average Bonchev–Trinajstić information content (AvgIpc) is 3.04. The van der Waals surface area contributed by atoms with Crippen LogP contribution in [0.5, 0.6) is 5.75 Å². The van der Waals surface area contributed by atoms with Gasteiger partial charge in [-0.05, 0) is 48.9 Å². The Morgan fingerprint density at radius 1 is 0.714 bits per heavy atom. The second kappa shape index (κ2) is 19.7. The van der Waals surface area contributed by atoms with Crippen LogP contribution in [0.25, 0.3) is 0 Å². The molecule has 0 heterocycles. The number of phenolic OH excluding ortho intramolecular Hbond substituents is 1. The number of carbonyl (C=O) groups excluding carboxylic acids is 5. The lowest BCUT2D eigenvalue weighted by molar-refractivity contribution is -0.145. The average molecular weight is 687 g/mol. The normalized spacial score (nSPS) is 14.7. The summed E-state index contributed by atoms with van der Waals surface area (Å²) >= 11 is 0. The number of phenols is 1. The number of aliphatic hydroxyl groups excluding tert-OH is 2. The molecule has 5 amide bonds. The molecule has 6 atom stereocenters. The Kier molecular flexibility index (Phi) is 16.1. The summed E-state index contributed by atoms with van der Waals surface area (Å²) in [6.07, 6.45) is -1.24. The molecule has 2 aromatic rings. The van der Waals surface area contributed by atoms with Crippen LogP contribution in [-0.4, -0.2) is 105 Å². The number of nitrogens with one attached hydrogen (secondary N) is 5. The number of aliphatic carboxylic acids is 1. The van der Waals surface area contributed by atoms with Crippen molar-refractivity contribution in [3.05, 3.63) is 65.7 Å². The number of rotatable bonds is 19. The van der Waals surface area contributed by atoms with E-state index in [0.29, 0.717) is 11.1 Å². The molecule has 2 aromatic carbocycles. The van der Waals surface area contributed by atoms with Gasteiger partial charge < -0.3 is 52.7 Å². The Morgan fingerprint density at radius 3 is 1.84 bits per heavy atom. The van der Waals surface area contributed by atoms with Crippen LogP contribution in [-0.2, 0) is 41.6 Å². The van der Waals surface area contributed by atoms with Crippen molar-refractivity contribution in [1.29, 1.82) is 0 Å². The highest BCUT2D eigenvalue weighted by molar-refractivity contribution is 5.95. The van der Waals surface area contributed by atoms with E-state index < -0.39 is 85.0 Å². The fourth-order valence-electron chi connectivity index (χ4n) is 4.66. The SMILES string of the molecule is CC(C)C[C@@H](NC(=O)[C@H](Cc1ccccc1)NC(=O)CNC(=O)[C@@H](CO)NC(=O)[C@@H](N)Cc1ccc(O)cc1)C(=O)N[C@H](C(=O)O)[C@@H](C)O. The second-order valence-corrected chi connectivity index (χ2v) is 12.0. The Hall–Kier alpha value is -5.06. The summed E-state index contributed by atoms with van der Waals surface area (Å²) in [6.45, 7) is 3.32. The molecule has 268 valence electrons. The third kappa shape index (κ3) is 13.9. The van der Waals surface area contributed by atoms with Gasteiger partial charge in [0.15, 0.2) is 6.04 Å². The van der Waals surface area contributed by atoms with Crippen molar-refractivity contribution < 1.29 is 49.2 Å². The molecule has 0 saturated heterocycles. The number of hydrogen-bond donors (Lipinski definition) is 10. The molecule has 49 heavy (non-hydrogen) atoms. The first-order chi connectivity index (χ1) is 23.1. The molecule has 0 aromatic heterocycles. The van der Waals surface area contributed by atoms with E-state index in [0.717, 1.165) is 0 Å². The van der Waals surface area contributed by atoms with Crippen LogP contribution in [0.15, 0.2) is 54.6 Å². The molecule has 0 bridgehead atoms.